The number of anilines is 1. The van der Waals surface area contributed by atoms with Gasteiger partial charge < -0.3 is 16.2 Å². The molecule has 4 N–H and O–H groups in total. The number of nitrogens with zero attached hydrogens (tertiary/aromatic N) is 2. The van der Waals surface area contributed by atoms with E-state index in [-0.39, 0.29) is 11.9 Å². The predicted octanol–water partition coefficient (Wildman–Crippen LogP) is -0.650. The first-order valence-electron chi connectivity index (χ1n) is 5.48. The molecular formula is C11H16N4O2. The molecule has 0 bridgehead atoms. The van der Waals surface area contributed by atoms with Gasteiger partial charge in [-0.05, 0) is 12.1 Å². The Labute approximate surface area is 99.5 Å². The van der Waals surface area contributed by atoms with Crippen molar-refractivity contribution in [3.63, 3.8) is 0 Å². The van der Waals surface area contributed by atoms with E-state index in [1.54, 1.807) is 18.3 Å². The summed E-state index contributed by atoms with van der Waals surface area (Å²) in [5.74, 6) is -0.367. The maximum atomic E-state index is 11.3. The van der Waals surface area contributed by atoms with E-state index in [1.165, 1.54) is 0 Å². The van der Waals surface area contributed by atoms with E-state index in [2.05, 4.69) is 4.98 Å². The lowest BCUT2D eigenvalue weighted by Crippen LogP contribution is -2.51. The van der Waals surface area contributed by atoms with Crippen LogP contribution in [0, 0.1) is 0 Å². The summed E-state index contributed by atoms with van der Waals surface area (Å²) in [7, 11) is 0. The number of ether oxygens (including phenoxy) is 1. The number of nitrogens with two attached hydrogens (primary N) is 2. The van der Waals surface area contributed by atoms with Crippen LogP contribution >= 0.6 is 0 Å². The number of nitrogen functional groups attached to an aromatic ring is 1. The second-order valence-corrected chi connectivity index (χ2v) is 4.04. The molecule has 0 aliphatic carbocycles. The number of hydrogen-bond donors (Lipinski definition) is 2. The van der Waals surface area contributed by atoms with Crippen LogP contribution in [0.3, 0.4) is 0 Å². The Morgan fingerprint density at radius 3 is 3.18 bits per heavy atom. The zero-order valence-electron chi connectivity index (χ0n) is 9.50. The molecule has 17 heavy (non-hydrogen) atoms. The number of carbonyl (C=O) groups excluding carboxylic acids is 1. The van der Waals surface area contributed by atoms with Gasteiger partial charge in [-0.3, -0.25) is 14.7 Å². The third-order valence-electron chi connectivity index (χ3n) is 2.77. The molecule has 1 atom stereocenters. The van der Waals surface area contributed by atoms with Gasteiger partial charge in [-0.2, -0.15) is 0 Å². The molecule has 1 aromatic heterocycles. The lowest BCUT2D eigenvalue weighted by atomic mass is 10.2. The van der Waals surface area contributed by atoms with E-state index in [0.29, 0.717) is 32.0 Å². The van der Waals surface area contributed by atoms with Crippen molar-refractivity contribution in [3.8, 4) is 0 Å². The Morgan fingerprint density at radius 2 is 2.47 bits per heavy atom. The quantitative estimate of drug-likeness (QED) is 0.727. The summed E-state index contributed by atoms with van der Waals surface area (Å²) in [6, 6.07) is 3.15. The number of hydrogen-bond acceptors (Lipinski definition) is 5. The normalized spacial score (nSPS) is 21.3. The standard InChI is InChI=1S/C11H16N4O2/c12-8-1-2-14-9(5-8)6-15-3-4-17-7-10(15)11(13)16/h1-2,5,10H,3-4,6-7H2,(H2,12,14)(H2,13,16). The van der Waals surface area contributed by atoms with Gasteiger partial charge in [0.25, 0.3) is 0 Å². The molecule has 1 saturated heterocycles. The number of primary amides is 1. The van der Waals surface area contributed by atoms with Crippen molar-refractivity contribution in [2.75, 3.05) is 25.5 Å². The monoisotopic (exact) mass is 236 g/mol. The van der Waals surface area contributed by atoms with Gasteiger partial charge in [0.1, 0.15) is 6.04 Å². The first-order chi connectivity index (χ1) is 8.16. The smallest absolute Gasteiger partial charge is 0.237 e. The molecule has 2 rings (SSSR count). The molecule has 2 heterocycles. The fraction of sp³-hybridized carbons (Fsp3) is 0.455. The van der Waals surface area contributed by atoms with Crippen LogP contribution in [0.5, 0.6) is 0 Å². The highest BCUT2D eigenvalue weighted by Gasteiger charge is 2.27. The summed E-state index contributed by atoms with van der Waals surface area (Å²) in [6.07, 6.45) is 1.66. The fourth-order valence-electron chi connectivity index (χ4n) is 1.88. The molecule has 92 valence electrons. The first-order valence-corrected chi connectivity index (χ1v) is 5.48. The predicted molar refractivity (Wildman–Crippen MR) is 62.9 cm³/mol. The zero-order valence-corrected chi connectivity index (χ0v) is 9.50. The van der Waals surface area contributed by atoms with Crippen LogP contribution in [0.4, 0.5) is 5.69 Å². The van der Waals surface area contributed by atoms with Crippen molar-refractivity contribution >= 4 is 11.6 Å². The van der Waals surface area contributed by atoms with Gasteiger partial charge in [0.15, 0.2) is 0 Å². The number of carbonyl (C=O) groups is 1. The molecule has 6 heteroatoms. The highest BCUT2D eigenvalue weighted by molar-refractivity contribution is 5.80. The number of morpholine rings is 1. The second-order valence-electron chi connectivity index (χ2n) is 4.04. The maximum absolute atomic E-state index is 11.3. The van der Waals surface area contributed by atoms with Crippen LogP contribution < -0.4 is 11.5 Å². The Kier molecular flexibility index (Phi) is 3.55. The van der Waals surface area contributed by atoms with Crippen LogP contribution in [0.2, 0.25) is 0 Å². The third kappa shape index (κ3) is 2.92. The van der Waals surface area contributed by atoms with Crippen molar-refractivity contribution in [2.24, 2.45) is 5.73 Å². The van der Waals surface area contributed by atoms with Crippen molar-refractivity contribution in [1.82, 2.24) is 9.88 Å². The van der Waals surface area contributed by atoms with Gasteiger partial charge in [0, 0.05) is 25.0 Å². The Balaban J connectivity index is 2.08. The number of aromatic nitrogens is 1. The fourth-order valence-corrected chi connectivity index (χ4v) is 1.88. The highest BCUT2D eigenvalue weighted by Crippen LogP contribution is 2.12. The van der Waals surface area contributed by atoms with E-state index in [9.17, 15) is 4.79 Å². The van der Waals surface area contributed by atoms with Crippen LogP contribution in [0.15, 0.2) is 18.3 Å². The molecular weight excluding hydrogens is 220 g/mol. The van der Waals surface area contributed by atoms with Gasteiger partial charge in [0.2, 0.25) is 5.91 Å². The summed E-state index contributed by atoms with van der Waals surface area (Å²) >= 11 is 0. The molecule has 1 amide bonds. The number of rotatable bonds is 3. The van der Waals surface area contributed by atoms with Crippen molar-refractivity contribution in [2.45, 2.75) is 12.6 Å². The number of amides is 1. The summed E-state index contributed by atoms with van der Waals surface area (Å²) in [5, 5.41) is 0. The summed E-state index contributed by atoms with van der Waals surface area (Å²) in [5.41, 5.74) is 12.5. The molecule has 1 fully saturated rings. The topological polar surface area (TPSA) is 94.5 Å². The minimum Gasteiger partial charge on any atom is -0.399 e. The van der Waals surface area contributed by atoms with E-state index >= 15 is 0 Å². The van der Waals surface area contributed by atoms with Crippen molar-refractivity contribution in [1.29, 1.82) is 0 Å². The lowest BCUT2D eigenvalue weighted by molar-refractivity contribution is -0.129. The molecule has 0 radical (unpaired) electrons. The second kappa shape index (κ2) is 5.11. The first kappa shape index (κ1) is 11.8. The van der Waals surface area contributed by atoms with Crippen LogP contribution in [-0.4, -0.2) is 41.6 Å². The van der Waals surface area contributed by atoms with E-state index < -0.39 is 0 Å². The summed E-state index contributed by atoms with van der Waals surface area (Å²) < 4.78 is 5.25. The lowest BCUT2D eigenvalue weighted by Gasteiger charge is -2.33. The van der Waals surface area contributed by atoms with Gasteiger partial charge in [-0.15, -0.1) is 0 Å². The Hall–Kier alpha value is -1.66. The van der Waals surface area contributed by atoms with Gasteiger partial charge in [-0.1, -0.05) is 0 Å². The molecule has 0 spiro atoms. The minimum atomic E-state index is -0.382. The molecule has 1 aliphatic heterocycles. The van der Waals surface area contributed by atoms with Crippen LogP contribution in [0.1, 0.15) is 5.69 Å². The molecule has 1 unspecified atom stereocenters. The molecule has 0 aromatic carbocycles. The third-order valence-corrected chi connectivity index (χ3v) is 2.77. The summed E-state index contributed by atoms with van der Waals surface area (Å²) in [6.45, 7) is 2.18. The van der Waals surface area contributed by atoms with Crippen LogP contribution in [0.25, 0.3) is 0 Å². The minimum absolute atomic E-state index is 0.345. The van der Waals surface area contributed by atoms with E-state index in [1.807, 2.05) is 4.90 Å². The Bertz CT molecular complexity index is 410. The molecule has 1 aromatic rings. The maximum Gasteiger partial charge on any atom is 0.237 e. The van der Waals surface area contributed by atoms with E-state index in [0.717, 1.165) is 5.69 Å². The Morgan fingerprint density at radius 1 is 1.65 bits per heavy atom. The zero-order chi connectivity index (χ0) is 12.3. The van der Waals surface area contributed by atoms with Gasteiger partial charge in [0.05, 0.1) is 18.9 Å². The highest BCUT2D eigenvalue weighted by atomic mass is 16.5. The van der Waals surface area contributed by atoms with Crippen molar-refractivity contribution < 1.29 is 9.53 Å². The average molecular weight is 236 g/mol. The summed E-state index contributed by atoms with van der Waals surface area (Å²) in [4.78, 5) is 17.5. The van der Waals surface area contributed by atoms with Gasteiger partial charge >= 0.3 is 0 Å². The van der Waals surface area contributed by atoms with Gasteiger partial charge in [-0.25, -0.2) is 0 Å². The van der Waals surface area contributed by atoms with Crippen LogP contribution in [-0.2, 0) is 16.1 Å². The SMILES string of the molecule is NC(=O)C1COCCN1Cc1cc(N)ccn1. The van der Waals surface area contributed by atoms with E-state index in [4.69, 9.17) is 16.2 Å². The molecule has 0 saturated carbocycles. The molecule has 6 nitrogen and oxygen atoms in total. The number of pyridine rings is 1. The largest absolute Gasteiger partial charge is 0.399 e. The average Bonchev–Trinajstić information content (AvgIpc) is 2.29. The molecule has 1 aliphatic rings. The van der Waals surface area contributed by atoms with Crippen molar-refractivity contribution in [3.05, 3.63) is 24.0 Å².